The van der Waals surface area contributed by atoms with Crippen LogP contribution in [0.5, 0.6) is 0 Å². The Morgan fingerprint density at radius 2 is 1.97 bits per heavy atom. The van der Waals surface area contributed by atoms with Gasteiger partial charge >= 0.3 is 0 Å². The summed E-state index contributed by atoms with van der Waals surface area (Å²) >= 11 is 0. The average Bonchev–Trinajstić information content (AvgIpc) is 3.20. The van der Waals surface area contributed by atoms with Gasteiger partial charge in [0.25, 0.3) is 5.91 Å². The van der Waals surface area contributed by atoms with Crippen LogP contribution in [-0.4, -0.2) is 51.5 Å². The highest BCUT2D eigenvalue weighted by molar-refractivity contribution is 5.93. The van der Waals surface area contributed by atoms with Crippen molar-refractivity contribution in [3.8, 4) is 0 Å². The van der Waals surface area contributed by atoms with Gasteiger partial charge in [0.05, 0.1) is 18.0 Å². The first-order valence-electron chi connectivity index (χ1n) is 10.1. The highest BCUT2D eigenvalue weighted by Gasteiger charge is 2.23. The van der Waals surface area contributed by atoms with Crippen molar-refractivity contribution < 1.29 is 9.59 Å². The fraction of sp³-hybridized carbons (Fsp3) is 0.364. The third-order valence-electron chi connectivity index (χ3n) is 5.65. The molecule has 1 aromatic carbocycles. The standard InChI is InChI=1S/C22H25N5O2/c28-21(6-5-17-14-23-20-4-2-1-3-19(17)20)27-11-8-16(9-12-27)13-24-22(29)18-7-10-25-26-15-18/h1-4,7,10,14-16,23H,5-6,8-9,11-13H2,(H,24,29). The zero-order chi connectivity index (χ0) is 20.1. The van der Waals surface area contributed by atoms with E-state index in [-0.39, 0.29) is 11.8 Å². The van der Waals surface area contributed by atoms with E-state index in [1.807, 2.05) is 23.2 Å². The number of para-hydroxylation sites is 1. The van der Waals surface area contributed by atoms with Gasteiger partial charge in [0.15, 0.2) is 0 Å². The van der Waals surface area contributed by atoms with Crippen LogP contribution in [0.3, 0.4) is 0 Å². The zero-order valence-corrected chi connectivity index (χ0v) is 16.3. The summed E-state index contributed by atoms with van der Waals surface area (Å²) in [6.45, 7) is 2.13. The summed E-state index contributed by atoms with van der Waals surface area (Å²) in [6.07, 6.45) is 8.07. The van der Waals surface area contributed by atoms with E-state index in [2.05, 4.69) is 32.6 Å². The third-order valence-corrected chi connectivity index (χ3v) is 5.65. The molecular formula is C22H25N5O2. The topological polar surface area (TPSA) is 91.0 Å². The number of hydrogen-bond acceptors (Lipinski definition) is 4. The summed E-state index contributed by atoms with van der Waals surface area (Å²) in [5.74, 6) is 0.476. The molecule has 3 heterocycles. The maximum atomic E-state index is 12.6. The molecule has 0 atom stereocenters. The van der Waals surface area contributed by atoms with E-state index in [0.29, 0.717) is 24.4 Å². The fourth-order valence-electron chi connectivity index (χ4n) is 3.89. The molecule has 0 bridgehead atoms. The molecule has 1 saturated heterocycles. The second-order valence-corrected chi connectivity index (χ2v) is 7.52. The fourth-order valence-corrected chi connectivity index (χ4v) is 3.89. The minimum absolute atomic E-state index is 0.128. The van der Waals surface area contributed by atoms with E-state index in [4.69, 9.17) is 0 Å². The van der Waals surface area contributed by atoms with Gasteiger partial charge < -0.3 is 15.2 Å². The monoisotopic (exact) mass is 391 g/mol. The Morgan fingerprint density at radius 3 is 2.76 bits per heavy atom. The van der Waals surface area contributed by atoms with E-state index in [1.165, 1.54) is 23.3 Å². The zero-order valence-electron chi connectivity index (χ0n) is 16.3. The van der Waals surface area contributed by atoms with Crippen LogP contribution < -0.4 is 5.32 Å². The van der Waals surface area contributed by atoms with Crippen LogP contribution in [0.2, 0.25) is 0 Å². The Labute approximate surface area is 169 Å². The largest absolute Gasteiger partial charge is 0.361 e. The first kappa shape index (κ1) is 19.1. The van der Waals surface area contributed by atoms with Gasteiger partial charge in [0.1, 0.15) is 0 Å². The molecule has 0 spiro atoms. The normalized spacial score (nSPS) is 14.8. The van der Waals surface area contributed by atoms with Crippen molar-refractivity contribution in [2.24, 2.45) is 5.92 Å². The van der Waals surface area contributed by atoms with E-state index in [0.717, 1.165) is 37.9 Å². The number of carbonyl (C=O) groups is 2. The summed E-state index contributed by atoms with van der Waals surface area (Å²) in [6, 6.07) is 9.82. The van der Waals surface area contributed by atoms with Gasteiger partial charge in [-0.05, 0) is 42.9 Å². The molecule has 0 unspecified atom stereocenters. The van der Waals surface area contributed by atoms with Crippen LogP contribution in [0.1, 0.15) is 35.2 Å². The van der Waals surface area contributed by atoms with E-state index in [1.54, 1.807) is 6.07 Å². The van der Waals surface area contributed by atoms with Crippen LogP contribution in [0.25, 0.3) is 10.9 Å². The predicted molar refractivity (Wildman–Crippen MR) is 110 cm³/mol. The number of piperidine rings is 1. The Bertz CT molecular complexity index is 977. The molecule has 150 valence electrons. The van der Waals surface area contributed by atoms with Crippen LogP contribution >= 0.6 is 0 Å². The van der Waals surface area contributed by atoms with Crippen molar-refractivity contribution in [3.05, 3.63) is 60.0 Å². The van der Waals surface area contributed by atoms with Gasteiger partial charge in [0, 0.05) is 43.2 Å². The number of aryl methyl sites for hydroxylation is 1. The van der Waals surface area contributed by atoms with E-state index in [9.17, 15) is 9.59 Å². The molecule has 1 fully saturated rings. The number of rotatable bonds is 6. The number of aromatic amines is 1. The number of likely N-dealkylation sites (tertiary alicyclic amines) is 1. The summed E-state index contributed by atoms with van der Waals surface area (Å²) < 4.78 is 0. The number of H-pyrrole nitrogens is 1. The molecule has 2 aromatic heterocycles. The van der Waals surface area contributed by atoms with Crippen molar-refractivity contribution in [1.29, 1.82) is 0 Å². The number of carbonyl (C=O) groups excluding carboxylic acids is 2. The molecule has 3 aromatic rings. The molecule has 0 saturated carbocycles. The molecule has 0 radical (unpaired) electrons. The molecule has 7 heteroatoms. The van der Waals surface area contributed by atoms with Gasteiger partial charge in [-0.25, -0.2) is 0 Å². The highest BCUT2D eigenvalue weighted by atomic mass is 16.2. The number of nitrogens with zero attached hydrogens (tertiary/aromatic N) is 3. The number of hydrogen-bond donors (Lipinski definition) is 2. The number of fused-ring (bicyclic) bond motifs is 1. The average molecular weight is 391 g/mol. The van der Waals surface area contributed by atoms with E-state index < -0.39 is 0 Å². The smallest absolute Gasteiger partial charge is 0.252 e. The van der Waals surface area contributed by atoms with Crippen molar-refractivity contribution >= 4 is 22.7 Å². The second-order valence-electron chi connectivity index (χ2n) is 7.52. The summed E-state index contributed by atoms with van der Waals surface area (Å²) in [7, 11) is 0. The molecule has 2 N–H and O–H groups in total. The van der Waals surface area contributed by atoms with Crippen molar-refractivity contribution in [2.45, 2.75) is 25.7 Å². The lowest BCUT2D eigenvalue weighted by Gasteiger charge is -2.32. The molecule has 4 rings (SSSR count). The van der Waals surface area contributed by atoms with Crippen molar-refractivity contribution in [2.75, 3.05) is 19.6 Å². The Kier molecular flexibility index (Phi) is 5.84. The first-order valence-corrected chi connectivity index (χ1v) is 10.1. The summed E-state index contributed by atoms with van der Waals surface area (Å²) in [5.41, 5.74) is 2.82. The van der Waals surface area contributed by atoms with Gasteiger partial charge in [0.2, 0.25) is 5.91 Å². The predicted octanol–water partition coefficient (Wildman–Crippen LogP) is 2.56. The molecule has 1 aliphatic rings. The van der Waals surface area contributed by atoms with Crippen LogP contribution in [-0.2, 0) is 11.2 Å². The lowest BCUT2D eigenvalue weighted by Crippen LogP contribution is -2.41. The maximum Gasteiger partial charge on any atom is 0.252 e. The Balaban J connectivity index is 1.21. The minimum Gasteiger partial charge on any atom is -0.361 e. The lowest BCUT2D eigenvalue weighted by atomic mass is 9.96. The molecule has 2 amide bonds. The summed E-state index contributed by atoms with van der Waals surface area (Å²) in [5, 5.41) is 11.6. The lowest BCUT2D eigenvalue weighted by molar-refractivity contribution is -0.132. The Hall–Kier alpha value is -3.22. The second kappa shape index (κ2) is 8.86. The van der Waals surface area contributed by atoms with E-state index >= 15 is 0 Å². The number of amides is 2. The molecule has 1 aliphatic heterocycles. The van der Waals surface area contributed by atoms with Crippen LogP contribution in [0.15, 0.2) is 48.9 Å². The number of aromatic nitrogens is 3. The third kappa shape index (κ3) is 4.62. The van der Waals surface area contributed by atoms with Crippen molar-refractivity contribution in [3.63, 3.8) is 0 Å². The number of benzene rings is 1. The maximum absolute atomic E-state index is 12.6. The quantitative estimate of drug-likeness (QED) is 0.676. The van der Waals surface area contributed by atoms with Gasteiger partial charge in [-0.2, -0.15) is 10.2 Å². The number of nitrogens with one attached hydrogen (secondary N) is 2. The molecule has 7 nitrogen and oxygen atoms in total. The van der Waals surface area contributed by atoms with Gasteiger partial charge in [-0.1, -0.05) is 18.2 Å². The van der Waals surface area contributed by atoms with Crippen LogP contribution in [0.4, 0.5) is 0 Å². The van der Waals surface area contributed by atoms with Crippen LogP contribution in [0, 0.1) is 5.92 Å². The minimum atomic E-state index is -0.128. The Morgan fingerprint density at radius 1 is 1.14 bits per heavy atom. The van der Waals surface area contributed by atoms with Crippen molar-refractivity contribution in [1.82, 2.24) is 25.4 Å². The van der Waals surface area contributed by atoms with Gasteiger partial charge in [-0.3, -0.25) is 9.59 Å². The molecule has 29 heavy (non-hydrogen) atoms. The summed E-state index contributed by atoms with van der Waals surface area (Å²) in [4.78, 5) is 29.9. The first-order chi connectivity index (χ1) is 14.2. The SMILES string of the molecule is O=C(NCC1CCN(C(=O)CCc2c[nH]c3ccccc23)CC1)c1ccnnc1. The molecule has 0 aliphatic carbocycles. The van der Waals surface area contributed by atoms with Gasteiger partial charge in [-0.15, -0.1) is 0 Å². The molecular weight excluding hydrogens is 366 g/mol. The highest BCUT2D eigenvalue weighted by Crippen LogP contribution is 2.21.